The number of benzene rings is 4. The second-order valence-corrected chi connectivity index (χ2v) is 5.81. The third-order valence-corrected chi connectivity index (χ3v) is 4.25. The number of carbonyl (C=O) groups is 1. The zero-order valence-corrected chi connectivity index (χ0v) is 13.1. The van der Waals surface area contributed by atoms with Crippen molar-refractivity contribution in [2.45, 2.75) is 0 Å². The van der Waals surface area contributed by atoms with Gasteiger partial charge in [0.15, 0.2) is 5.78 Å². The molecule has 0 saturated carbocycles. The molecule has 4 aromatic carbocycles. The van der Waals surface area contributed by atoms with Gasteiger partial charge in [-0.25, -0.2) is 0 Å². The first kappa shape index (κ1) is 14.4. The summed E-state index contributed by atoms with van der Waals surface area (Å²) < 4.78 is 0. The van der Waals surface area contributed by atoms with Gasteiger partial charge in [-0.2, -0.15) is 0 Å². The van der Waals surface area contributed by atoms with Gasteiger partial charge in [-0.15, -0.1) is 0 Å². The van der Waals surface area contributed by atoms with Crippen LogP contribution in [0.3, 0.4) is 0 Å². The molecule has 24 heavy (non-hydrogen) atoms. The van der Waals surface area contributed by atoms with Crippen LogP contribution in [0.2, 0.25) is 0 Å². The van der Waals surface area contributed by atoms with Crippen molar-refractivity contribution in [2.75, 3.05) is 0 Å². The molecule has 0 saturated heterocycles. The highest BCUT2D eigenvalue weighted by Crippen LogP contribution is 2.29. The van der Waals surface area contributed by atoms with Gasteiger partial charge in [0, 0.05) is 11.1 Å². The zero-order valence-electron chi connectivity index (χ0n) is 13.1. The maximum atomic E-state index is 13.0. The standard InChI is InChI=1S/C23H16O/c24-23(18-11-5-2-6-12-18)22-16-20(17-9-3-1-4-10-17)15-19-13-7-8-14-21(19)22/h1-16H. The second-order valence-electron chi connectivity index (χ2n) is 5.81. The largest absolute Gasteiger partial charge is 0.289 e. The Labute approximate surface area is 141 Å². The highest BCUT2D eigenvalue weighted by molar-refractivity contribution is 6.17. The van der Waals surface area contributed by atoms with E-state index < -0.39 is 0 Å². The lowest BCUT2D eigenvalue weighted by atomic mass is 9.92. The van der Waals surface area contributed by atoms with Crippen molar-refractivity contribution in [3.63, 3.8) is 0 Å². The summed E-state index contributed by atoms with van der Waals surface area (Å²) >= 11 is 0. The quantitative estimate of drug-likeness (QED) is 0.441. The lowest BCUT2D eigenvalue weighted by molar-refractivity contribution is 0.104. The molecular formula is C23H16O. The Bertz CT molecular complexity index is 1000. The normalized spacial score (nSPS) is 10.7. The van der Waals surface area contributed by atoms with E-state index in [4.69, 9.17) is 0 Å². The van der Waals surface area contributed by atoms with Crippen LogP contribution in [0.4, 0.5) is 0 Å². The van der Waals surface area contributed by atoms with E-state index >= 15 is 0 Å². The van der Waals surface area contributed by atoms with Gasteiger partial charge in [-0.05, 0) is 34.0 Å². The van der Waals surface area contributed by atoms with Crippen LogP contribution in [0, 0.1) is 0 Å². The van der Waals surface area contributed by atoms with Crippen molar-refractivity contribution < 1.29 is 4.79 Å². The van der Waals surface area contributed by atoms with E-state index in [1.807, 2.05) is 72.8 Å². The Hall–Kier alpha value is -3.19. The fourth-order valence-corrected chi connectivity index (χ4v) is 3.04. The minimum atomic E-state index is 0.0598. The van der Waals surface area contributed by atoms with Gasteiger partial charge in [0.25, 0.3) is 0 Å². The Morgan fingerprint density at radius 2 is 1.21 bits per heavy atom. The molecule has 0 heterocycles. The van der Waals surface area contributed by atoms with E-state index in [-0.39, 0.29) is 5.78 Å². The predicted molar refractivity (Wildman–Crippen MR) is 99.3 cm³/mol. The molecule has 0 fully saturated rings. The van der Waals surface area contributed by atoms with Crippen molar-refractivity contribution in [2.24, 2.45) is 0 Å². The smallest absolute Gasteiger partial charge is 0.193 e. The molecule has 0 bridgehead atoms. The van der Waals surface area contributed by atoms with Crippen molar-refractivity contribution in [1.29, 1.82) is 0 Å². The van der Waals surface area contributed by atoms with Gasteiger partial charge in [-0.1, -0.05) is 84.9 Å². The summed E-state index contributed by atoms with van der Waals surface area (Å²) in [5.41, 5.74) is 3.64. The molecule has 0 unspecified atom stereocenters. The van der Waals surface area contributed by atoms with Crippen LogP contribution in [0.25, 0.3) is 21.9 Å². The Kier molecular flexibility index (Phi) is 3.68. The Morgan fingerprint density at radius 3 is 1.96 bits per heavy atom. The number of carbonyl (C=O) groups excluding carboxylic acids is 1. The number of rotatable bonds is 3. The minimum Gasteiger partial charge on any atom is -0.289 e. The Morgan fingerprint density at radius 1 is 0.583 bits per heavy atom. The van der Waals surface area contributed by atoms with Gasteiger partial charge in [0.2, 0.25) is 0 Å². The second kappa shape index (κ2) is 6.13. The summed E-state index contributed by atoms with van der Waals surface area (Å²) in [4.78, 5) is 13.0. The fourth-order valence-electron chi connectivity index (χ4n) is 3.04. The molecule has 0 aromatic heterocycles. The lowest BCUT2D eigenvalue weighted by Gasteiger charge is -2.10. The van der Waals surface area contributed by atoms with Crippen molar-refractivity contribution in [1.82, 2.24) is 0 Å². The molecule has 1 heteroatoms. The van der Waals surface area contributed by atoms with Gasteiger partial charge in [0.1, 0.15) is 0 Å². The highest BCUT2D eigenvalue weighted by atomic mass is 16.1. The van der Waals surface area contributed by atoms with Crippen LogP contribution < -0.4 is 0 Å². The fraction of sp³-hybridized carbons (Fsp3) is 0. The van der Waals surface area contributed by atoms with Gasteiger partial charge in [0.05, 0.1) is 0 Å². The zero-order chi connectivity index (χ0) is 16.4. The molecule has 1 nitrogen and oxygen atoms in total. The van der Waals surface area contributed by atoms with E-state index in [1.165, 1.54) is 0 Å². The van der Waals surface area contributed by atoms with Crippen LogP contribution in [0.5, 0.6) is 0 Å². The molecule has 114 valence electrons. The molecule has 0 aliphatic heterocycles. The molecule has 0 aliphatic rings. The topological polar surface area (TPSA) is 17.1 Å². The average molecular weight is 308 g/mol. The first-order valence-corrected chi connectivity index (χ1v) is 8.01. The summed E-state index contributed by atoms with van der Waals surface area (Å²) in [5.74, 6) is 0.0598. The summed E-state index contributed by atoms with van der Waals surface area (Å²) in [7, 11) is 0. The van der Waals surface area contributed by atoms with Crippen LogP contribution in [-0.4, -0.2) is 5.78 Å². The van der Waals surface area contributed by atoms with Crippen molar-refractivity contribution in [3.05, 3.63) is 108 Å². The maximum absolute atomic E-state index is 13.0. The molecule has 0 amide bonds. The van der Waals surface area contributed by atoms with E-state index in [0.717, 1.165) is 27.5 Å². The monoisotopic (exact) mass is 308 g/mol. The lowest BCUT2D eigenvalue weighted by Crippen LogP contribution is -2.02. The van der Waals surface area contributed by atoms with E-state index in [2.05, 4.69) is 24.3 Å². The Balaban J connectivity index is 1.95. The van der Waals surface area contributed by atoms with Crippen molar-refractivity contribution >= 4 is 16.6 Å². The molecule has 4 rings (SSSR count). The van der Waals surface area contributed by atoms with Crippen LogP contribution in [-0.2, 0) is 0 Å². The van der Waals surface area contributed by atoms with E-state index in [1.54, 1.807) is 0 Å². The molecule has 0 N–H and O–H groups in total. The molecule has 4 aromatic rings. The van der Waals surface area contributed by atoms with Crippen LogP contribution in [0.15, 0.2) is 97.1 Å². The maximum Gasteiger partial charge on any atom is 0.193 e. The highest BCUT2D eigenvalue weighted by Gasteiger charge is 2.14. The molecular weight excluding hydrogens is 292 g/mol. The van der Waals surface area contributed by atoms with Gasteiger partial charge >= 0.3 is 0 Å². The molecule has 0 aliphatic carbocycles. The number of fused-ring (bicyclic) bond motifs is 1. The first-order valence-electron chi connectivity index (χ1n) is 8.01. The predicted octanol–water partition coefficient (Wildman–Crippen LogP) is 5.74. The van der Waals surface area contributed by atoms with Crippen LogP contribution >= 0.6 is 0 Å². The van der Waals surface area contributed by atoms with Crippen LogP contribution in [0.1, 0.15) is 15.9 Å². The summed E-state index contributed by atoms with van der Waals surface area (Å²) in [6, 6.07) is 31.8. The minimum absolute atomic E-state index is 0.0598. The summed E-state index contributed by atoms with van der Waals surface area (Å²) in [6.07, 6.45) is 0. The van der Waals surface area contributed by atoms with E-state index in [0.29, 0.717) is 5.56 Å². The molecule has 0 radical (unpaired) electrons. The first-order chi connectivity index (χ1) is 11.8. The van der Waals surface area contributed by atoms with Gasteiger partial charge in [-0.3, -0.25) is 4.79 Å². The van der Waals surface area contributed by atoms with E-state index in [9.17, 15) is 4.79 Å². The number of hydrogen-bond acceptors (Lipinski definition) is 1. The SMILES string of the molecule is O=C(c1ccccc1)c1cc(-c2ccccc2)cc2ccccc12. The third kappa shape index (κ3) is 2.61. The molecule has 0 spiro atoms. The average Bonchev–Trinajstić information content (AvgIpc) is 2.68. The summed E-state index contributed by atoms with van der Waals surface area (Å²) in [5, 5.41) is 2.07. The van der Waals surface area contributed by atoms with Crippen molar-refractivity contribution in [3.8, 4) is 11.1 Å². The molecule has 0 atom stereocenters. The number of ketones is 1. The third-order valence-electron chi connectivity index (χ3n) is 4.25. The van der Waals surface area contributed by atoms with Gasteiger partial charge < -0.3 is 0 Å². The number of hydrogen-bond donors (Lipinski definition) is 0. The summed E-state index contributed by atoms with van der Waals surface area (Å²) in [6.45, 7) is 0.